The standard InChI is InChI=1S/C9H9BrO3/c10-7-13-9(11)6-12-8-4-2-1-3-5-8/h1-5H,6-7H2. The lowest BCUT2D eigenvalue weighted by atomic mass is 10.3. The van der Waals surface area contributed by atoms with Crippen molar-refractivity contribution < 1.29 is 14.3 Å². The first-order valence-corrected chi connectivity index (χ1v) is 4.84. The quantitative estimate of drug-likeness (QED) is 0.600. The normalized spacial score (nSPS) is 9.31. The van der Waals surface area contributed by atoms with Crippen LogP contribution in [0.2, 0.25) is 0 Å². The second-order valence-corrected chi connectivity index (χ2v) is 2.69. The number of alkyl halides is 1. The summed E-state index contributed by atoms with van der Waals surface area (Å²) >= 11 is 2.98. The molecule has 3 nitrogen and oxygen atoms in total. The highest BCUT2D eigenvalue weighted by atomic mass is 79.9. The maximum Gasteiger partial charge on any atom is 0.345 e. The molecular formula is C9H9BrO3. The maximum absolute atomic E-state index is 10.8. The predicted molar refractivity (Wildman–Crippen MR) is 51.8 cm³/mol. The summed E-state index contributed by atoms with van der Waals surface area (Å²) < 4.78 is 9.74. The Balaban J connectivity index is 2.31. The molecular weight excluding hydrogens is 236 g/mol. The highest BCUT2D eigenvalue weighted by Crippen LogP contribution is 2.07. The summed E-state index contributed by atoms with van der Waals surface area (Å²) in [5.74, 6) is 0.273. The molecule has 4 heteroatoms. The van der Waals surface area contributed by atoms with Crippen LogP contribution in [0.5, 0.6) is 5.75 Å². The number of para-hydroxylation sites is 1. The molecule has 13 heavy (non-hydrogen) atoms. The Bertz CT molecular complexity index is 261. The maximum atomic E-state index is 10.8. The molecule has 0 bridgehead atoms. The summed E-state index contributed by atoms with van der Waals surface area (Å²) in [6.45, 7) is -0.0599. The van der Waals surface area contributed by atoms with Gasteiger partial charge in [0.25, 0.3) is 0 Å². The van der Waals surface area contributed by atoms with Crippen molar-refractivity contribution in [2.45, 2.75) is 0 Å². The summed E-state index contributed by atoms with van der Waals surface area (Å²) in [6, 6.07) is 9.11. The Morgan fingerprint density at radius 2 is 2.00 bits per heavy atom. The Morgan fingerprint density at radius 3 is 2.62 bits per heavy atom. The molecule has 0 radical (unpaired) electrons. The van der Waals surface area contributed by atoms with Crippen molar-refractivity contribution in [3.05, 3.63) is 30.3 Å². The number of benzene rings is 1. The molecule has 0 spiro atoms. The molecule has 1 rings (SSSR count). The second kappa shape index (κ2) is 5.59. The third-order valence-corrected chi connectivity index (χ3v) is 1.54. The van der Waals surface area contributed by atoms with E-state index >= 15 is 0 Å². The zero-order valence-electron chi connectivity index (χ0n) is 6.90. The Labute approximate surface area is 84.8 Å². The summed E-state index contributed by atoms with van der Waals surface area (Å²) in [4.78, 5) is 10.8. The Hall–Kier alpha value is -1.03. The molecule has 0 saturated heterocycles. The van der Waals surface area contributed by atoms with Crippen molar-refractivity contribution in [1.82, 2.24) is 0 Å². The van der Waals surface area contributed by atoms with Gasteiger partial charge in [0, 0.05) is 0 Å². The van der Waals surface area contributed by atoms with Crippen molar-refractivity contribution in [2.75, 3.05) is 12.1 Å². The number of hydrogen-bond donors (Lipinski definition) is 0. The van der Waals surface area contributed by atoms with Gasteiger partial charge in [0.2, 0.25) is 0 Å². The smallest absolute Gasteiger partial charge is 0.345 e. The van der Waals surface area contributed by atoms with Crippen molar-refractivity contribution >= 4 is 21.9 Å². The van der Waals surface area contributed by atoms with Crippen LogP contribution >= 0.6 is 15.9 Å². The van der Waals surface area contributed by atoms with Gasteiger partial charge in [0.1, 0.15) is 11.3 Å². The molecule has 0 atom stereocenters. The summed E-state index contributed by atoms with van der Waals surface area (Å²) in [7, 11) is 0. The summed E-state index contributed by atoms with van der Waals surface area (Å²) in [5.41, 5.74) is 0.198. The number of carbonyl (C=O) groups excluding carboxylic acids is 1. The van der Waals surface area contributed by atoms with Crippen LogP contribution < -0.4 is 4.74 Å². The van der Waals surface area contributed by atoms with E-state index in [1.54, 1.807) is 12.1 Å². The van der Waals surface area contributed by atoms with Gasteiger partial charge in [-0.2, -0.15) is 0 Å². The minimum absolute atomic E-state index is 0.0599. The van der Waals surface area contributed by atoms with Gasteiger partial charge in [0.15, 0.2) is 6.61 Å². The van der Waals surface area contributed by atoms with Crippen LogP contribution in [0.3, 0.4) is 0 Å². The van der Waals surface area contributed by atoms with E-state index in [2.05, 4.69) is 20.7 Å². The van der Waals surface area contributed by atoms with Gasteiger partial charge in [-0.05, 0) is 28.1 Å². The van der Waals surface area contributed by atoms with Crippen LogP contribution in [0.15, 0.2) is 30.3 Å². The van der Waals surface area contributed by atoms with E-state index in [9.17, 15) is 4.79 Å². The van der Waals surface area contributed by atoms with Crippen LogP contribution in [0.25, 0.3) is 0 Å². The van der Waals surface area contributed by atoms with Gasteiger partial charge in [0.05, 0.1) is 0 Å². The number of ether oxygens (including phenoxy) is 2. The lowest BCUT2D eigenvalue weighted by Crippen LogP contribution is -2.13. The zero-order chi connectivity index (χ0) is 9.52. The fraction of sp³-hybridized carbons (Fsp3) is 0.222. The SMILES string of the molecule is O=C(COc1ccccc1)OCBr. The molecule has 0 unspecified atom stereocenters. The molecule has 70 valence electrons. The average molecular weight is 245 g/mol. The van der Waals surface area contributed by atoms with Crippen LogP contribution in [0, 0.1) is 0 Å². The van der Waals surface area contributed by atoms with Crippen LogP contribution in [0.1, 0.15) is 0 Å². The molecule has 0 aromatic heterocycles. The van der Waals surface area contributed by atoms with E-state index in [0.717, 1.165) is 0 Å². The van der Waals surface area contributed by atoms with Crippen molar-refractivity contribution in [3.63, 3.8) is 0 Å². The first kappa shape index (κ1) is 10.1. The van der Waals surface area contributed by atoms with Crippen LogP contribution in [0.4, 0.5) is 0 Å². The van der Waals surface area contributed by atoms with Crippen molar-refractivity contribution in [2.24, 2.45) is 0 Å². The molecule has 0 aliphatic heterocycles. The van der Waals surface area contributed by atoms with E-state index < -0.39 is 0 Å². The highest BCUT2D eigenvalue weighted by molar-refractivity contribution is 9.09. The predicted octanol–water partition coefficient (Wildman–Crippen LogP) is 1.96. The minimum Gasteiger partial charge on any atom is -0.482 e. The van der Waals surface area contributed by atoms with E-state index in [4.69, 9.17) is 4.74 Å². The number of esters is 1. The first-order valence-electron chi connectivity index (χ1n) is 3.72. The Morgan fingerprint density at radius 1 is 1.31 bits per heavy atom. The van der Waals surface area contributed by atoms with Gasteiger partial charge in [-0.3, -0.25) is 0 Å². The lowest BCUT2D eigenvalue weighted by molar-refractivity contribution is -0.143. The monoisotopic (exact) mass is 244 g/mol. The average Bonchev–Trinajstić information content (AvgIpc) is 2.17. The molecule has 0 aliphatic rings. The molecule has 0 aliphatic carbocycles. The third-order valence-electron chi connectivity index (χ3n) is 1.32. The van der Waals surface area contributed by atoms with Crippen LogP contribution in [-0.2, 0) is 9.53 Å². The van der Waals surface area contributed by atoms with Crippen molar-refractivity contribution in [1.29, 1.82) is 0 Å². The largest absolute Gasteiger partial charge is 0.482 e. The summed E-state index contributed by atoms with van der Waals surface area (Å²) in [5, 5.41) is 0. The number of carbonyl (C=O) groups is 1. The Kier molecular flexibility index (Phi) is 4.32. The van der Waals surface area contributed by atoms with E-state index in [1.165, 1.54) is 0 Å². The minimum atomic E-state index is -0.388. The topological polar surface area (TPSA) is 35.5 Å². The number of hydrogen-bond acceptors (Lipinski definition) is 3. The fourth-order valence-corrected chi connectivity index (χ4v) is 1.02. The molecule has 0 amide bonds. The third kappa shape index (κ3) is 3.94. The molecule has 1 aromatic carbocycles. The van der Waals surface area contributed by atoms with Crippen molar-refractivity contribution in [3.8, 4) is 5.75 Å². The van der Waals surface area contributed by atoms with Gasteiger partial charge in [-0.15, -0.1) is 0 Å². The van der Waals surface area contributed by atoms with Gasteiger partial charge < -0.3 is 9.47 Å². The number of halogens is 1. The van der Waals surface area contributed by atoms with E-state index in [1.807, 2.05) is 18.2 Å². The molecule has 0 N–H and O–H groups in total. The van der Waals surface area contributed by atoms with Crippen LogP contribution in [-0.4, -0.2) is 18.1 Å². The number of rotatable bonds is 4. The zero-order valence-corrected chi connectivity index (χ0v) is 8.49. The van der Waals surface area contributed by atoms with E-state index in [0.29, 0.717) is 5.75 Å². The van der Waals surface area contributed by atoms with E-state index in [-0.39, 0.29) is 18.1 Å². The first-order chi connectivity index (χ1) is 6.33. The fourth-order valence-electron chi connectivity index (χ4n) is 0.761. The summed E-state index contributed by atoms with van der Waals surface area (Å²) in [6.07, 6.45) is 0. The van der Waals surface area contributed by atoms with Gasteiger partial charge in [-0.1, -0.05) is 18.2 Å². The lowest BCUT2D eigenvalue weighted by Gasteiger charge is -2.04. The molecule has 0 saturated carbocycles. The van der Waals surface area contributed by atoms with Gasteiger partial charge >= 0.3 is 5.97 Å². The molecule has 0 fully saturated rings. The molecule has 0 heterocycles. The van der Waals surface area contributed by atoms with Gasteiger partial charge in [-0.25, -0.2) is 4.79 Å². The second-order valence-electron chi connectivity index (χ2n) is 2.23. The highest BCUT2D eigenvalue weighted by Gasteiger charge is 2.01. The molecule has 1 aromatic rings.